The number of aliphatic hydroxyl groups excluding tert-OH is 1. The van der Waals surface area contributed by atoms with Gasteiger partial charge in [0.15, 0.2) is 0 Å². The maximum Gasteiger partial charge on any atom is 0.0480 e. The van der Waals surface area contributed by atoms with Gasteiger partial charge in [0, 0.05) is 31.0 Å². The minimum atomic E-state index is 0.0933. The molecule has 0 radical (unpaired) electrons. The zero-order valence-electron chi connectivity index (χ0n) is 8.53. The lowest BCUT2D eigenvalue weighted by Gasteiger charge is -2.29. The summed E-state index contributed by atoms with van der Waals surface area (Å²) in [5, 5.41) is 12.7. The van der Waals surface area contributed by atoms with Gasteiger partial charge in [-0.05, 0) is 5.56 Å². The minimum absolute atomic E-state index is 0.0933. The number of benzene rings is 1. The van der Waals surface area contributed by atoms with E-state index < -0.39 is 0 Å². The highest BCUT2D eigenvalue weighted by Crippen LogP contribution is 2.34. The molecule has 0 bridgehead atoms. The smallest absolute Gasteiger partial charge is 0.0480 e. The first-order chi connectivity index (χ1) is 6.77. The molecule has 2 rings (SSSR count). The van der Waals surface area contributed by atoms with Crippen LogP contribution in [0.4, 0.5) is 0 Å². The summed E-state index contributed by atoms with van der Waals surface area (Å²) in [6.45, 7) is 4.37. The Labute approximate surface area is 85.0 Å². The van der Waals surface area contributed by atoms with Gasteiger partial charge in [0.1, 0.15) is 0 Å². The lowest BCUT2D eigenvalue weighted by Crippen LogP contribution is -2.33. The van der Waals surface area contributed by atoms with Crippen molar-refractivity contribution < 1.29 is 5.11 Å². The molecule has 0 saturated carbocycles. The molecule has 1 aromatic rings. The van der Waals surface area contributed by atoms with Gasteiger partial charge in [-0.1, -0.05) is 37.3 Å². The minimum Gasteiger partial charge on any atom is -0.396 e. The molecule has 1 fully saturated rings. The maximum absolute atomic E-state index is 9.32. The Morgan fingerprint density at radius 3 is 2.79 bits per heavy atom. The third-order valence-corrected chi connectivity index (χ3v) is 3.44. The Kier molecular flexibility index (Phi) is 2.57. The molecule has 1 aliphatic rings. The summed E-state index contributed by atoms with van der Waals surface area (Å²) >= 11 is 0. The summed E-state index contributed by atoms with van der Waals surface area (Å²) in [6, 6.07) is 10.5. The standard InChI is InChI=1S/C12H17NO/c1-12(9-13-7-11(12)8-14)10-5-3-2-4-6-10/h2-6,11,13-14H,7-9H2,1H3/t11?,12-/m0/s1. The van der Waals surface area contributed by atoms with Crippen LogP contribution in [0, 0.1) is 5.92 Å². The topological polar surface area (TPSA) is 32.3 Å². The normalized spacial score (nSPS) is 32.0. The van der Waals surface area contributed by atoms with Crippen LogP contribution in [0.3, 0.4) is 0 Å². The van der Waals surface area contributed by atoms with Crippen molar-refractivity contribution in [1.29, 1.82) is 0 Å². The molecule has 0 aliphatic carbocycles. The van der Waals surface area contributed by atoms with Crippen molar-refractivity contribution in [2.24, 2.45) is 5.92 Å². The Morgan fingerprint density at radius 1 is 1.43 bits per heavy atom. The summed E-state index contributed by atoms with van der Waals surface area (Å²) in [4.78, 5) is 0. The number of nitrogens with one attached hydrogen (secondary N) is 1. The fourth-order valence-corrected chi connectivity index (χ4v) is 2.30. The van der Waals surface area contributed by atoms with E-state index >= 15 is 0 Å². The monoisotopic (exact) mass is 191 g/mol. The molecule has 2 heteroatoms. The van der Waals surface area contributed by atoms with Gasteiger partial charge in [-0.2, -0.15) is 0 Å². The summed E-state index contributed by atoms with van der Waals surface area (Å²) in [5.41, 5.74) is 1.42. The highest BCUT2D eigenvalue weighted by molar-refractivity contribution is 5.27. The molecule has 2 N–H and O–H groups in total. The van der Waals surface area contributed by atoms with E-state index in [4.69, 9.17) is 0 Å². The van der Waals surface area contributed by atoms with Crippen LogP contribution in [-0.4, -0.2) is 24.8 Å². The number of aliphatic hydroxyl groups is 1. The van der Waals surface area contributed by atoms with Crippen LogP contribution in [0.15, 0.2) is 30.3 Å². The van der Waals surface area contributed by atoms with E-state index in [1.165, 1.54) is 5.56 Å². The molecule has 1 aliphatic heterocycles. The first-order valence-corrected chi connectivity index (χ1v) is 5.14. The zero-order valence-corrected chi connectivity index (χ0v) is 8.53. The van der Waals surface area contributed by atoms with Gasteiger partial charge in [-0.25, -0.2) is 0 Å². The van der Waals surface area contributed by atoms with Crippen molar-refractivity contribution in [2.45, 2.75) is 12.3 Å². The van der Waals surface area contributed by atoms with Crippen LogP contribution in [0.25, 0.3) is 0 Å². The van der Waals surface area contributed by atoms with Crippen molar-refractivity contribution in [2.75, 3.05) is 19.7 Å². The van der Waals surface area contributed by atoms with Crippen LogP contribution < -0.4 is 5.32 Å². The quantitative estimate of drug-likeness (QED) is 0.735. The lowest BCUT2D eigenvalue weighted by molar-refractivity contribution is 0.193. The predicted molar refractivity (Wildman–Crippen MR) is 57.2 cm³/mol. The largest absolute Gasteiger partial charge is 0.396 e. The van der Waals surface area contributed by atoms with Gasteiger partial charge >= 0.3 is 0 Å². The SMILES string of the molecule is C[C@@]1(c2ccccc2)CNCC1CO. The first kappa shape index (κ1) is 9.69. The van der Waals surface area contributed by atoms with E-state index in [0.29, 0.717) is 5.92 Å². The van der Waals surface area contributed by atoms with E-state index in [9.17, 15) is 5.11 Å². The molecule has 2 atom stereocenters. The summed E-state index contributed by atoms with van der Waals surface area (Å²) < 4.78 is 0. The van der Waals surface area contributed by atoms with Crippen LogP contribution in [0.1, 0.15) is 12.5 Å². The molecule has 0 amide bonds. The van der Waals surface area contributed by atoms with Crippen molar-refractivity contribution in [1.82, 2.24) is 5.32 Å². The summed E-state index contributed by atoms with van der Waals surface area (Å²) in [7, 11) is 0. The van der Waals surface area contributed by atoms with Crippen LogP contribution in [-0.2, 0) is 5.41 Å². The molecule has 1 unspecified atom stereocenters. The zero-order chi connectivity index (χ0) is 10.0. The highest BCUT2D eigenvalue weighted by Gasteiger charge is 2.39. The van der Waals surface area contributed by atoms with Gasteiger partial charge in [0.05, 0.1) is 0 Å². The van der Waals surface area contributed by atoms with Crippen molar-refractivity contribution in [3.05, 3.63) is 35.9 Å². The summed E-state index contributed by atoms with van der Waals surface area (Å²) in [6.07, 6.45) is 0. The first-order valence-electron chi connectivity index (χ1n) is 5.14. The second-order valence-corrected chi connectivity index (χ2v) is 4.29. The van der Waals surface area contributed by atoms with E-state index in [-0.39, 0.29) is 12.0 Å². The van der Waals surface area contributed by atoms with Gasteiger partial charge in [-0.3, -0.25) is 0 Å². The Hall–Kier alpha value is -0.860. The maximum atomic E-state index is 9.32. The van der Waals surface area contributed by atoms with E-state index in [1.54, 1.807) is 0 Å². The molecule has 1 saturated heterocycles. The van der Waals surface area contributed by atoms with Crippen LogP contribution in [0.5, 0.6) is 0 Å². The van der Waals surface area contributed by atoms with Gasteiger partial charge < -0.3 is 10.4 Å². The fraction of sp³-hybridized carbons (Fsp3) is 0.500. The Balaban J connectivity index is 2.31. The average molecular weight is 191 g/mol. The molecule has 2 nitrogen and oxygen atoms in total. The van der Waals surface area contributed by atoms with Gasteiger partial charge in [0.2, 0.25) is 0 Å². The molecule has 14 heavy (non-hydrogen) atoms. The fourth-order valence-electron chi connectivity index (χ4n) is 2.30. The Morgan fingerprint density at radius 2 is 2.14 bits per heavy atom. The molecule has 1 aromatic carbocycles. The lowest BCUT2D eigenvalue weighted by atomic mass is 9.74. The summed E-state index contributed by atoms with van der Waals surface area (Å²) in [5.74, 6) is 0.338. The predicted octanol–water partition coefficient (Wildman–Crippen LogP) is 1.16. The van der Waals surface area contributed by atoms with Crippen LogP contribution >= 0.6 is 0 Å². The molecule has 1 heterocycles. The van der Waals surface area contributed by atoms with Crippen molar-refractivity contribution >= 4 is 0 Å². The molecular formula is C12H17NO. The molecule has 0 spiro atoms. The Bertz CT molecular complexity index is 298. The number of hydrogen-bond donors (Lipinski definition) is 2. The van der Waals surface area contributed by atoms with Gasteiger partial charge in [-0.15, -0.1) is 0 Å². The van der Waals surface area contributed by atoms with Gasteiger partial charge in [0.25, 0.3) is 0 Å². The molecule has 76 valence electrons. The number of rotatable bonds is 2. The highest BCUT2D eigenvalue weighted by atomic mass is 16.3. The molecule has 0 aromatic heterocycles. The third-order valence-electron chi connectivity index (χ3n) is 3.44. The van der Waals surface area contributed by atoms with E-state index in [1.807, 2.05) is 6.07 Å². The second kappa shape index (κ2) is 3.71. The molecular weight excluding hydrogens is 174 g/mol. The third kappa shape index (κ3) is 1.45. The average Bonchev–Trinajstić information content (AvgIpc) is 2.62. The van der Waals surface area contributed by atoms with Crippen LogP contribution in [0.2, 0.25) is 0 Å². The van der Waals surface area contributed by atoms with Crippen molar-refractivity contribution in [3.63, 3.8) is 0 Å². The van der Waals surface area contributed by atoms with E-state index in [2.05, 4.69) is 36.5 Å². The van der Waals surface area contributed by atoms with Crippen molar-refractivity contribution in [3.8, 4) is 0 Å². The second-order valence-electron chi connectivity index (χ2n) is 4.29. The van der Waals surface area contributed by atoms with E-state index in [0.717, 1.165) is 13.1 Å². The number of hydrogen-bond acceptors (Lipinski definition) is 2.